The number of likely N-dealkylation sites (tertiary alicyclic amines) is 1. The van der Waals surface area contributed by atoms with Gasteiger partial charge in [0.2, 0.25) is 0 Å². The molecule has 1 aromatic carbocycles. The number of ether oxygens (including phenoxy) is 2. The third-order valence-electron chi connectivity index (χ3n) is 5.18. The molecule has 2 saturated heterocycles. The van der Waals surface area contributed by atoms with Crippen LogP contribution in [-0.4, -0.2) is 66.5 Å². The summed E-state index contributed by atoms with van der Waals surface area (Å²) in [4.78, 5) is 15.1. The molecule has 3 heterocycles. The third-order valence-corrected chi connectivity index (χ3v) is 5.18. The highest BCUT2D eigenvalue weighted by Gasteiger charge is 2.35. The van der Waals surface area contributed by atoms with Crippen LogP contribution in [0.5, 0.6) is 5.75 Å². The van der Waals surface area contributed by atoms with Crippen molar-refractivity contribution in [3.63, 3.8) is 0 Å². The summed E-state index contributed by atoms with van der Waals surface area (Å²) in [6.45, 7) is 3.43. The van der Waals surface area contributed by atoms with Crippen LogP contribution >= 0.6 is 0 Å². The third kappa shape index (κ3) is 3.45. The van der Waals surface area contributed by atoms with Crippen molar-refractivity contribution in [3.8, 4) is 17.0 Å². The van der Waals surface area contributed by atoms with Gasteiger partial charge in [0.05, 0.1) is 38.1 Å². The highest BCUT2D eigenvalue weighted by molar-refractivity contribution is 5.93. The van der Waals surface area contributed by atoms with Crippen molar-refractivity contribution in [2.45, 2.75) is 24.9 Å². The van der Waals surface area contributed by atoms with E-state index in [2.05, 4.69) is 20.4 Å². The second-order valence-corrected chi connectivity index (χ2v) is 6.82. The molecule has 4 rings (SSSR count). The minimum Gasteiger partial charge on any atom is -0.497 e. The molecule has 26 heavy (non-hydrogen) atoms. The zero-order valence-corrected chi connectivity index (χ0v) is 14.9. The molecule has 0 saturated carbocycles. The maximum absolute atomic E-state index is 12.6. The number of amides is 1. The van der Waals surface area contributed by atoms with Crippen molar-refractivity contribution in [3.05, 3.63) is 36.0 Å². The summed E-state index contributed by atoms with van der Waals surface area (Å²) in [6.07, 6.45) is 2.45. The number of aromatic amines is 1. The second-order valence-electron chi connectivity index (χ2n) is 6.82. The van der Waals surface area contributed by atoms with E-state index in [0.717, 1.165) is 30.1 Å². The average Bonchev–Trinajstić information content (AvgIpc) is 3.42. The van der Waals surface area contributed by atoms with E-state index in [1.54, 1.807) is 13.2 Å². The highest BCUT2D eigenvalue weighted by atomic mass is 16.5. The maximum atomic E-state index is 12.6. The van der Waals surface area contributed by atoms with Crippen molar-refractivity contribution in [1.82, 2.24) is 20.4 Å². The molecule has 2 aliphatic rings. The minimum atomic E-state index is -0.142. The second kappa shape index (κ2) is 7.47. The topological polar surface area (TPSA) is 79.5 Å². The van der Waals surface area contributed by atoms with Crippen LogP contribution < -0.4 is 10.1 Å². The molecule has 1 amide bonds. The van der Waals surface area contributed by atoms with Gasteiger partial charge in [0.25, 0.3) is 5.91 Å². The number of rotatable bonds is 5. The van der Waals surface area contributed by atoms with Crippen LogP contribution in [0.3, 0.4) is 0 Å². The molecule has 0 radical (unpaired) electrons. The van der Waals surface area contributed by atoms with Crippen LogP contribution in [0.1, 0.15) is 23.3 Å². The van der Waals surface area contributed by atoms with Gasteiger partial charge in [-0.1, -0.05) is 0 Å². The summed E-state index contributed by atoms with van der Waals surface area (Å²) in [5.74, 6) is 0.647. The summed E-state index contributed by atoms with van der Waals surface area (Å²) in [7, 11) is 1.63. The van der Waals surface area contributed by atoms with E-state index in [0.29, 0.717) is 18.9 Å². The van der Waals surface area contributed by atoms with Crippen molar-refractivity contribution >= 4 is 5.91 Å². The number of hydrogen-bond acceptors (Lipinski definition) is 5. The Labute approximate surface area is 152 Å². The van der Waals surface area contributed by atoms with E-state index >= 15 is 0 Å². The molecule has 2 atom stereocenters. The van der Waals surface area contributed by atoms with Crippen LogP contribution in [0.25, 0.3) is 11.3 Å². The molecule has 7 nitrogen and oxygen atoms in total. The number of H-pyrrole nitrogens is 1. The van der Waals surface area contributed by atoms with Crippen molar-refractivity contribution in [2.24, 2.45) is 0 Å². The Morgan fingerprint density at radius 3 is 2.77 bits per heavy atom. The van der Waals surface area contributed by atoms with Crippen LogP contribution in [0.4, 0.5) is 0 Å². The summed E-state index contributed by atoms with van der Waals surface area (Å²) in [5, 5.41) is 10.2. The number of methoxy groups -OCH3 is 1. The lowest BCUT2D eigenvalue weighted by Gasteiger charge is -2.27. The first kappa shape index (κ1) is 17.1. The summed E-state index contributed by atoms with van der Waals surface area (Å²) in [5.41, 5.74) is 2.12. The molecule has 2 N–H and O–H groups in total. The molecule has 0 unspecified atom stereocenters. The maximum Gasteiger partial charge on any atom is 0.269 e. The highest BCUT2D eigenvalue weighted by Crippen LogP contribution is 2.22. The molecule has 0 bridgehead atoms. The number of nitrogens with one attached hydrogen (secondary N) is 2. The van der Waals surface area contributed by atoms with Gasteiger partial charge in [0.15, 0.2) is 0 Å². The number of benzene rings is 1. The zero-order chi connectivity index (χ0) is 17.9. The predicted octanol–water partition coefficient (Wildman–Crippen LogP) is 1.68. The van der Waals surface area contributed by atoms with E-state index in [1.807, 2.05) is 24.3 Å². The molecule has 138 valence electrons. The van der Waals surface area contributed by atoms with Crippen LogP contribution in [0, 0.1) is 0 Å². The largest absolute Gasteiger partial charge is 0.497 e. The fourth-order valence-electron chi connectivity index (χ4n) is 3.71. The van der Waals surface area contributed by atoms with Crippen molar-refractivity contribution < 1.29 is 14.3 Å². The molecule has 2 aromatic rings. The van der Waals surface area contributed by atoms with Gasteiger partial charge in [-0.15, -0.1) is 0 Å². The van der Waals surface area contributed by atoms with Gasteiger partial charge >= 0.3 is 0 Å². The smallest absolute Gasteiger partial charge is 0.269 e. The van der Waals surface area contributed by atoms with Gasteiger partial charge in [0.1, 0.15) is 11.4 Å². The van der Waals surface area contributed by atoms with E-state index < -0.39 is 0 Å². The van der Waals surface area contributed by atoms with Gasteiger partial charge < -0.3 is 14.8 Å². The van der Waals surface area contributed by atoms with Gasteiger partial charge in [-0.2, -0.15) is 5.10 Å². The zero-order valence-electron chi connectivity index (χ0n) is 14.9. The Morgan fingerprint density at radius 1 is 1.27 bits per heavy atom. The van der Waals surface area contributed by atoms with Gasteiger partial charge in [0, 0.05) is 5.56 Å². The fourth-order valence-corrected chi connectivity index (χ4v) is 3.71. The Hall–Kier alpha value is -2.38. The molecule has 2 fully saturated rings. The molecular formula is C19H24N4O3. The van der Waals surface area contributed by atoms with Crippen molar-refractivity contribution in [1.29, 1.82) is 0 Å². The number of aromatic nitrogens is 2. The molecular weight excluding hydrogens is 332 g/mol. The Balaban J connectivity index is 1.42. The van der Waals surface area contributed by atoms with E-state index in [9.17, 15) is 4.79 Å². The molecule has 0 aliphatic carbocycles. The number of carbonyl (C=O) groups is 1. The average molecular weight is 356 g/mol. The van der Waals surface area contributed by atoms with E-state index in [4.69, 9.17) is 9.47 Å². The normalized spacial score (nSPS) is 23.3. The SMILES string of the molecule is COc1ccc(-c2cc(C(=O)N[C@H]3COC[C@@H]3N3CCCC3)[nH]n2)cc1. The predicted molar refractivity (Wildman–Crippen MR) is 97.2 cm³/mol. The Bertz CT molecular complexity index is 752. The number of nitrogens with zero attached hydrogens (tertiary/aromatic N) is 2. The lowest BCUT2D eigenvalue weighted by Crippen LogP contribution is -2.50. The first-order valence-electron chi connectivity index (χ1n) is 9.07. The van der Waals surface area contributed by atoms with Gasteiger partial charge in [-0.3, -0.25) is 14.8 Å². The summed E-state index contributed by atoms with van der Waals surface area (Å²) in [6, 6.07) is 9.66. The summed E-state index contributed by atoms with van der Waals surface area (Å²) < 4.78 is 10.8. The Morgan fingerprint density at radius 2 is 2.04 bits per heavy atom. The van der Waals surface area contributed by atoms with Crippen LogP contribution in [-0.2, 0) is 4.74 Å². The lowest BCUT2D eigenvalue weighted by atomic mass is 10.1. The number of hydrogen-bond donors (Lipinski definition) is 2. The van der Waals surface area contributed by atoms with Gasteiger partial charge in [-0.05, 0) is 56.3 Å². The fraction of sp³-hybridized carbons (Fsp3) is 0.474. The molecule has 1 aromatic heterocycles. The monoisotopic (exact) mass is 356 g/mol. The Kier molecular flexibility index (Phi) is 4.90. The van der Waals surface area contributed by atoms with E-state index in [-0.39, 0.29) is 18.0 Å². The van der Waals surface area contributed by atoms with Crippen LogP contribution in [0.2, 0.25) is 0 Å². The first-order chi connectivity index (χ1) is 12.7. The quantitative estimate of drug-likeness (QED) is 0.852. The molecule has 0 spiro atoms. The van der Waals surface area contributed by atoms with Crippen molar-refractivity contribution in [2.75, 3.05) is 33.4 Å². The van der Waals surface area contributed by atoms with E-state index in [1.165, 1.54) is 12.8 Å². The molecule has 2 aliphatic heterocycles. The first-order valence-corrected chi connectivity index (χ1v) is 9.07. The minimum absolute atomic E-state index is 0.0216. The lowest BCUT2D eigenvalue weighted by molar-refractivity contribution is 0.0911. The summed E-state index contributed by atoms with van der Waals surface area (Å²) >= 11 is 0. The number of carbonyl (C=O) groups excluding carboxylic acids is 1. The standard InChI is InChI=1S/C19H24N4O3/c1-25-14-6-4-13(5-7-14)15-10-16(22-21-15)19(24)20-17-11-26-12-18(17)23-8-2-3-9-23/h4-7,10,17-18H,2-3,8-9,11-12H2,1H3,(H,20,24)(H,21,22)/t17-,18-/m0/s1. The van der Waals surface area contributed by atoms with Crippen LogP contribution in [0.15, 0.2) is 30.3 Å². The van der Waals surface area contributed by atoms with Gasteiger partial charge in [-0.25, -0.2) is 0 Å². The molecule has 7 heteroatoms.